The third-order valence-electron chi connectivity index (χ3n) is 2.84. The van der Waals surface area contributed by atoms with E-state index in [1.165, 1.54) is 10.7 Å². The monoisotopic (exact) mass is 288 g/mol. The molecule has 0 unspecified atom stereocenters. The van der Waals surface area contributed by atoms with Crippen molar-refractivity contribution in [3.63, 3.8) is 0 Å². The van der Waals surface area contributed by atoms with Gasteiger partial charge in [-0.25, -0.2) is 8.42 Å². The fourth-order valence-corrected chi connectivity index (χ4v) is 3.13. The molecule has 0 aliphatic carbocycles. The molecule has 0 fully saturated rings. The first-order chi connectivity index (χ1) is 9.56. The SMILES string of the molecule is Cn1ccc(NS(=O)(=O)c2cccc3cccnc23)n1. The lowest BCUT2D eigenvalue weighted by atomic mass is 10.2. The summed E-state index contributed by atoms with van der Waals surface area (Å²) in [6.45, 7) is 0. The molecule has 20 heavy (non-hydrogen) atoms. The Bertz CT molecular complexity index is 865. The third-order valence-corrected chi connectivity index (χ3v) is 4.22. The summed E-state index contributed by atoms with van der Waals surface area (Å²) in [5.41, 5.74) is 0.443. The molecular weight excluding hydrogens is 276 g/mol. The lowest BCUT2D eigenvalue weighted by Crippen LogP contribution is -2.14. The fraction of sp³-hybridized carbons (Fsp3) is 0.0769. The van der Waals surface area contributed by atoms with E-state index in [0.29, 0.717) is 5.52 Å². The summed E-state index contributed by atoms with van der Waals surface area (Å²) in [7, 11) is -2.00. The number of pyridine rings is 1. The maximum absolute atomic E-state index is 12.4. The van der Waals surface area contributed by atoms with E-state index in [9.17, 15) is 8.42 Å². The maximum Gasteiger partial charge on any atom is 0.265 e. The molecule has 102 valence electrons. The molecule has 0 radical (unpaired) electrons. The quantitative estimate of drug-likeness (QED) is 0.797. The van der Waals surface area contributed by atoms with Crippen LogP contribution in [0.3, 0.4) is 0 Å². The van der Waals surface area contributed by atoms with E-state index in [-0.39, 0.29) is 10.7 Å². The molecule has 0 atom stereocenters. The van der Waals surface area contributed by atoms with Crippen LogP contribution in [-0.2, 0) is 17.1 Å². The highest BCUT2D eigenvalue weighted by Gasteiger charge is 2.19. The minimum atomic E-state index is -3.71. The molecule has 0 bridgehead atoms. The van der Waals surface area contributed by atoms with Gasteiger partial charge in [-0.05, 0) is 12.1 Å². The topological polar surface area (TPSA) is 76.9 Å². The molecule has 3 rings (SSSR count). The normalized spacial score (nSPS) is 11.7. The number of nitrogens with zero attached hydrogens (tertiary/aromatic N) is 3. The van der Waals surface area contributed by atoms with Crippen LogP contribution in [0, 0.1) is 0 Å². The number of anilines is 1. The van der Waals surface area contributed by atoms with Crippen molar-refractivity contribution in [1.29, 1.82) is 0 Å². The second-order valence-electron chi connectivity index (χ2n) is 4.31. The van der Waals surface area contributed by atoms with Crippen LogP contribution in [0.25, 0.3) is 10.9 Å². The summed E-state index contributed by atoms with van der Waals surface area (Å²) in [5.74, 6) is 0.278. The Labute approximate surface area is 116 Å². The summed E-state index contributed by atoms with van der Waals surface area (Å²) < 4.78 is 28.8. The predicted octanol–water partition coefficient (Wildman–Crippen LogP) is 1.77. The van der Waals surface area contributed by atoms with Crippen LogP contribution in [-0.4, -0.2) is 23.2 Å². The van der Waals surface area contributed by atoms with E-state index < -0.39 is 10.0 Å². The summed E-state index contributed by atoms with van der Waals surface area (Å²) >= 11 is 0. The number of nitrogens with one attached hydrogen (secondary N) is 1. The van der Waals surface area contributed by atoms with Gasteiger partial charge in [0.2, 0.25) is 0 Å². The van der Waals surface area contributed by atoms with Gasteiger partial charge in [-0.1, -0.05) is 18.2 Å². The van der Waals surface area contributed by atoms with Gasteiger partial charge in [0.15, 0.2) is 5.82 Å². The summed E-state index contributed by atoms with van der Waals surface area (Å²) in [6, 6.07) is 10.2. The zero-order valence-electron chi connectivity index (χ0n) is 10.7. The number of benzene rings is 1. The van der Waals surface area contributed by atoms with Crippen LogP contribution in [0.15, 0.2) is 53.7 Å². The smallest absolute Gasteiger partial charge is 0.265 e. The van der Waals surface area contributed by atoms with Gasteiger partial charge in [0.1, 0.15) is 4.90 Å². The Morgan fingerprint density at radius 2 is 1.95 bits per heavy atom. The molecule has 0 amide bonds. The first-order valence-electron chi connectivity index (χ1n) is 5.92. The van der Waals surface area contributed by atoms with Crippen LogP contribution in [0.1, 0.15) is 0 Å². The number of fused-ring (bicyclic) bond motifs is 1. The number of aromatic nitrogens is 3. The second-order valence-corrected chi connectivity index (χ2v) is 5.96. The zero-order valence-corrected chi connectivity index (χ0v) is 11.5. The van der Waals surface area contributed by atoms with Crippen molar-refractivity contribution in [2.24, 2.45) is 7.05 Å². The van der Waals surface area contributed by atoms with Crippen molar-refractivity contribution < 1.29 is 8.42 Å². The highest BCUT2D eigenvalue weighted by atomic mass is 32.2. The minimum absolute atomic E-state index is 0.140. The third kappa shape index (κ3) is 2.23. The molecule has 7 heteroatoms. The highest BCUT2D eigenvalue weighted by molar-refractivity contribution is 7.93. The van der Waals surface area contributed by atoms with Crippen molar-refractivity contribution in [2.45, 2.75) is 4.90 Å². The Morgan fingerprint density at radius 3 is 2.70 bits per heavy atom. The van der Waals surface area contributed by atoms with Gasteiger partial charge in [-0.15, -0.1) is 0 Å². The number of para-hydroxylation sites is 1. The molecule has 1 aromatic carbocycles. The zero-order chi connectivity index (χ0) is 14.2. The van der Waals surface area contributed by atoms with Gasteiger partial charge in [0, 0.05) is 30.9 Å². The van der Waals surface area contributed by atoms with E-state index in [1.54, 1.807) is 37.6 Å². The van der Waals surface area contributed by atoms with E-state index >= 15 is 0 Å². The van der Waals surface area contributed by atoms with Gasteiger partial charge >= 0.3 is 0 Å². The number of sulfonamides is 1. The molecule has 0 spiro atoms. The van der Waals surface area contributed by atoms with E-state index in [4.69, 9.17) is 0 Å². The average molecular weight is 288 g/mol. The van der Waals surface area contributed by atoms with Crippen molar-refractivity contribution in [3.8, 4) is 0 Å². The number of aryl methyl sites for hydroxylation is 1. The molecule has 0 aliphatic heterocycles. The molecule has 2 aromatic heterocycles. The lowest BCUT2D eigenvalue weighted by Gasteiger charge is -2.07. The van der Waals surface area contributed by atoms with E-state index in [0.717, 1.165) is 5.39 Å². The first-order valence-corrected chi connectivity index (χ1v) is 7.41. The van der Waals surface area contributed by atoms with Gasteiger partial charge in [0.25, 0.3) is 10.0 Å². The lowest BCUT2D eigenvalue weighted by molar-refractivity contribution is 0.601. The van der Waals surface area contributed by atoms with Crippen LogP contribution in [0.4, 0.5) is 5.82 Å². The van der Waals surface area contributed by atoms with Gasteiger partial charge in [0.05, 0.1) is 5.52 Å². The average Bonchev–Trinajstić information content (AvgIpc) is 2.82. The van der Waals surface area contributed by atoms with Crippen LogP contribution in [0.5, 0.6) is 0 Å². The number of rotatable bonds is 3. The Morgan fingerprint density at radius 1 is 1.15 bits per heavy atom. The Kier molecular flexibility index (Phi) is 2.90. The molecule has 0 saturated carbocycles. The van der Waals surface area contributed by atoms with Crippen molar-refractivity contribution >= 4 is 26.7 Å². The minimum Gasteiger partial charge on any atom is -0.274 e. The maximum atomic E-state index is 12.4. The molecule has 2 heterocycles. The fourth-order valence-electron chi connectivity index (χ4n) is 1.96. The largest absolute Gasteiger partial charge is 0.274 e. The molecule has 0 aliphatic rings. The number of hydrogen-bond donors (Lipinski definition) is 1. The van der Waals surface area contributed by atoms with Crippen LogP contribution < -0.4 is 4.72 Å². The first kappa shape index (κ1) is 12.6. The summed E-state index contributed by atoms with van der Waals surface area (Å²) in [6.07, 6.45) is 3.24. The van der Waals surface area contributed by atoms with Gasteiger partial charge in [-0.2, -0.15) is 5.10 Å². The summed E-state index contributed by atoms with van der Waals surface area (Å²) in [5, 5.41) is 4.78. The molecular formula is C13H12N4O2S. The van der Waals surface area contributed by atoms with E-state index in [2.05, 4.69) is 14.8 Å². The van der Waals surface area contributed by atoms with Gasteiger partial charge in [-0.3, -0.25) is 14.4 Å². The Hall–Kier alpha value is -2.41. The summed E-state index contributed by atoms with van der Waals surface area (Å²) in [4.78, 5) is 4.29. The molecule has 3 aromatic rings. The Balaban J connectivity index is 2.09. The standard InChI is InChI=1S/C13H12N4O2S/c1-17-9-7-12(15-17)16-20(18,19)11-6-2-4-10-5-3-8-14-13(10)11/h2-9H,1H3,(H,15,16). The van der Waals surface area contributed by atoms with Gasteiger partial charge < -0.3 is 0 Å². The molecule has 0 saturated heterocycles. The molecule has 1 N–H and O–H groups in total. The van der Waals surface area contributed by atoms with Crippen LogP contribution in [0.2, 0.25) is 0 Å². The predicted molar refractivity (Wildman–Crippen MR) is 75.8 cm³/mol. The van der Waals surface area contributed by atoms with E-state index in [1.807, 2.05) is 12.1 Å². The van der Waals surface area contributed by atoms with Crippen molar-refractivity contribution in [2.75, 3.05) is 4.72 Å². The van der Waals surface area contributed by atoms with Crippen molar-refractivity contribution in [3.05, 3.63) is 48.8 Å². The second kappa shape index (κ2) is 4.61. The van der Waals surface area contributed by atoms with Crippen molar-refractivity contribution in [1.82, 2.24) is 14.8 Å². The number of hydrogen-bond acceptors (Lipinski definition) is 4. The molecule has 6 nitrogen and oxygen atoms in total. The highest BCUT2D eigenvalue weighted by Crippen LogP contribution is 2.22. The van der Waals surface area contributed by atoms with Crippen LogP contribution >= 0.6 is 0 Å².